The molecule has 0 aliphatic carbocycles. The number of carboxylic acids is 1. The summed E-state index contributed by atoms with van der Waals surface area (Å²) in [6.07, 6.45) is 0.599. The second-order valence-electron chi connectivity index (χ2n) is 4.91. The van der Waals surface area contributed by atoms with Gasteiger partial charge in [-0.05, 0) is 37.1 Å². The number of hydrogen-bond donors (Lipinski definition) is 2. The van der Waals surface area contributed by atoms with Gasteiger partial charge in [0.15, 0.2) is 0 Å². The minimum Gasteiger partial charge on any atom is -0.481 e. The Kier molecular flexibility index (Phi) is 4.29. The number of piperidine rings is 1. The fraction of sp³-hybridized carbons (Fsp3) is 0.385. The standard InChI is InChI=1S/C13H16N2O5S/c14-12(16)9-1-3-11(4-2-9)21(19,20)15-7-5-10(6-8-15)13(17)18/h1-4,10H,5-8H2,(H2,14,16)(H,17,18). The van der Waals surface area contributed by atoms with Crippen LogP contribution in [0.4, 0.5) is 0 Å². The first kappa shape index (κ1) is 15.5. The zero-order valence-electron chi connectivity index (χ0n) is 11.2. The molecule has 114 valence electrons. The lowest BCUT2D eigenvalue weighted by atomic mass is 9.99. The van der Waals surface area contributed by atoms with E-state index in [1.165, 1.54) is 28.6 Å². The monoisotopic (exact) mass is 312 g/mol. The first-order valence-electron chi connectivity index (χ1n) is 6.45. The molecular weight excluding hydrogens is 296 g/mol. The number of carboxylic acid groups (broad SMARTS) is 1. The number of benzene rings is 1. The highest BCUT2D eigenvalue weighted by Crippen LogP contribution is 2.24. The van der Waals surface area contributed by atoms with Gasteiger partial charge in [0.25, 0.3) is 0 Å². The molecule has 21 heavy (non-hydrogen) atoms. The Labute approximate surface area is 122 Å². The average Bonchev–Trinajstić information content (AvgIpc) is 2.47. The summed E-state index contributed by atoms with van der Waals surface area (Å²) >= 11 is 0. The van der Waals surface area contributed by atoms with Gasteiger partial charge in [0.1, 0.15) is 0 Å². The van der Waals surface area contributed by atoms with Crippen LogP contribution < -0.4 is 5.73 Å². The number of aliphatic carboxylic acids is 1. The summed E-state index contributed by atoms with van der Waals surface area (Å²) in [6.45, 7) is 0.355. The summed E-state index contributed by atoms with van der Waals surface area (Å²) in [5.74, 6) is -2.01. The molecule has 3 N–H and O–H groups in total. The lowest BCUT2D eigenvalue weighted by Crippen LogP contribution is -2.40. The maximum Gasteiger partial charge on any atom is 0.306 e. The molecule has 8 heteroatoms. The molecular formula is C13H16N2O5S. The number of rotatable bonds is 4. The molecule has 1 aliphatic heterocycles. The highest BCUT2D eigenvalue weighted by atomic mass is 32.2. The van der Waals surface area contributed by atoms with Crippen molar-refractivity contribution in [3.8, 4) is 0 Å². The summed E-state index contributed by atoms with van der Waals surface area (Å²) in [4.78, 5) is 21.9. The van der Waals surface area contributed by atoms with Crippen molar-refractivity contribution in [2.24, 2.45) is 11.7 Å². The number of amides is 1. The molecule has 0 radical (unpaired) electrons. The first-order chi connectivity index (χ1) is 9.82. The van der Waals surface area contributed by atoms with Crippen molar-refractivity contribution in [1.82, 2.24) is 4.31 Å². The fourth-order valence-electron chi connectivity index (χ4n) is 2.28. The van der Waals surface area contributed by atoms with Crippen LogP contribution in [0.15, 0.2) is 29.2 Å². The number of nitrogens with zero attached hydrogens (tertiary/aromatic N) is 1. The third kappa shape index (κ3) is 3.22. The van der Waals surface area contributed by atoms with Crippen molar-refractivity contribution in [3.63, 3.8) is 0 Å². The third-order valence-electron chi connectivity index (χ3n) is 3.58. The maximum absolute atomic E-state index is 12.4. The van der Waals surface area contributed by atoms with Gasteiger partial charge in [-0.1, -0.05) is 0 Å². The van der Waals surface area contributed by atoms with E-state index in [9.17, 15) is 18.0 Å². The smallest absolute Gasteiger partial charge is 0.306 e. The Morgan fingerprint density at radius 1 is 1.14 bits per heavy atom. The molecule has 1 amide bonds. The Bertz CT molecular complexity index is 646. The van der Waals surface area contributed by atoms with Gasteiger partial charge in [0.05, 0.1) is 10.8 Å². The molecule has 0 unspecified atom stereocenters. The Hall–Kier alpha value is -1.93. The predicted molar refractivity (Wildman–Crippen MR) is 74.1 cm³/mol. The topological polar surface area (TPSA) is 118 Å². The number of primary amides is 1. The van der Waals surface area contributed by atoms with Gasteiger partial charge < -0.3 is 10.8 Å². The molecule has 2 rings (SSSR count). The van der Waals surface area contributed by atoms with E-state index in [0.29, 0.717) is 12.8 Å². The summed E-state index contributed by atoms with van der Waals surface area (Å²) in [5, 5.41) is 8.92. The van der Waals surface area contributed by atoms with Gasteiger partial charge in [-0.3, -0.25) is 9.59 Å². The van der Waals surface area contributed by atoms with Crippen LogP contribution >= 0.6 is 0 Å². The number of hydrogen-bond acceptors (Lipinski definition) is 4. The minimum atomic E-state index is -3.67. The zero-order valence-corrected chi connectivity index (χ0v) is 12.0. The molecule has 0 atom stereocenters. The molecule has 0 bridgehead atoms. The van der Waals surface area contributed by atoms with Gasteiger partial charge in [0, 0.05) is 18.7 Å². The molecule has 1 aromatic rings. The Morgan fingerprint density at radius 3 is 2.10 bits per heavy atom. The van der Waals surface area contributed by atoms with Crippen molar-refractivity contribution in [3.05, 3.63) is 29.8 Å². The van der Waals surface area contributed by atoms with Gasteiger partial charge in [0.2, 0.25) is 15.9 Å². The quantitative estimate of drug-likeness (QED) is 0.827. The summed E-state index contributed by atoms with van der Waals surface area (Å²) < 4.78 is 26.1. The lowest BCUT2D eigenvalue weighted by Gasteiger charge is -2.29. The van der Waals surface area contributed by atoms with Gasteiger partial charge >= 0.3 is 5.97 Å². The number of carbonyl (C=O) groups excluding carboxylic acids is 1. The summed E-state index contributed by atoms with van der Waals surface area (Å²) in [7, 11) is -3.67. The highest BCUT2D eigenvalue weighted by Gasteiger charge is 2.31. The minimum absolute atomic E-state index is 0.0706. The molecule has 1 fully saturated rings. The van der Waals surface area contributed by atoms with E-state index in [1.54, 1.807) is 0 Å². The van der Waals surface area contributed by atoms with Crippen LogP contribution in [0.1, 0.15) is 23.2 Å². The van der Waals surface area contributed by atoms with Crippen LogP contribution in [0, 0.1) is 5.92 Å². The van der Waals surface area contributed by atoms with E-state index in [1.807, 2.05) is 0 Å². The van der Waals surface area contributed by atoms with Crippen molar-refractivity contribution in [2.45, 2.75) is 17.7 Å². The van der Waals surface area contributed by atoms with Crippen LogP contribution in [0.3, 0.4) is 0 Å². The molecule has 0 spiro atoms. The van der Waals surface area contributed by atoms with Crippen LogP contribution in [0.2, 0.25) is 0 Å². The lowest BCUT2D eigenvalue weighted by molar-refractivity contribution is -0.142. The van der Waals surface area contributed by atoms with E-state index in [4.69, 9.17) is 10.8 Å². The molecule has 1 heterocycles. The van der Waals surface area contributed by atoms with Crippen molar-refractivity contribution >= 4 is 21.9 Å². The van der Waals surface area contributed by atoms with Gasteiger partial charge in [-0.2, -0.15) is 4.31 Å². The van der Waals surface area contributed by atoms with Crippen molar-refractivity contribution in [1.29, 1.82) is 0 Å². The van der Waals surface area contributed by atoms with Crippen LogP contribution in [-0.2, 0) is 14.8 Å². The number of nitrogens with two attached hydrogens (primary N) is 1. The SMILES string of the molecule is NC(=O)c1ccc(S(=O)(=O)N2CCC(C(=O)O)CC2)cc1. The molecule has 0 aromatic heterocycles. The van der Waals surface area contributed by atoms with Gasteiger partial charge in [-0.15, -0.1) is 0 Å². The van der Waals surface area contributed by atoms with Crippen molar-refractivity contribution in [2.75, 3.05) is 13.1 Å². The van der Waals surface area contributed by atoms with Crippen molar-refractivity contribution < 1.29 is 23.1 Å². The van der Waals surface area contributed by atoms with Crippen LogP contribution in [0.25, 0.3) is 0 Å². The number of carbonyl (C=O) groups is 2. The molecule has 1 saturated heterocycles. The second-order valence-corrected chi connectivity index (χ2v) is 6.84. The Balaban J connectivity index is 2.15. The highest BCUT2D eigenvalue weighted by molar-refractivity contribution is 7.89. The Morgan fingerprint density at radius 2 is 1.67 bits per heavy atom. The van der Waals surface area contributed by atoms with Crippen LogP contribution in [-0.4, -0.2) is 42.8 Å². The molecule has 1 aliphatic rings. The van der Waals surface area contributed by atoms with E-state index >= 15 is 0 Å². The first-order valence-corrected chi connectivity index (χ1v) is 7.89. The third-order valence-corrected chi connectivity index (χ3v) is 5.49. The van der Waals surface area contributed by atoms with Gasteiger partial charge in [-0.25, -0.2) is 8.42 Å². The fourth-order valence-corrected chi connectivity index (χ4v) is 3.75. The predicted octanol–water partition coefficient (Wildman–Crippen LogP) is 0.271. The van der Waals surface area contributed by atoms with E-state index < -0.39 is 27.8 Å². The largest absolute Gasteiger partial charge is 0.481 e. The van der Waals surface area contributed by atoms with E-state index in [2.05, 4.69) is 0 Å². The van der Waals surface area contributed by atoms with Crippen LogP contribution in [0.5, 0.6) is 0 Å². The number of sulfonamides is 1. The van der Waals surface area contributed by atoms with E-state index in [0.717, 1.165) is 0 Å². The maximum atomic E-state index is 12.4. The summed E-state index contributed by atoms with van der Waals surface area (Å²) in [6, 6.07) is 5.38. The summed E-state index contributed by atoms with van der Waals surface area (Å²) in [5.41, 5.74) is 5.34. The van der Waals surface area contributed by atoms with E-state index in [-0.39, 0.29) is 23.5 Å². The normalized spacial score (nSPS) is 17.5. The molecule has 7 nitrogen and oxygen atoms in total. The molecule has 0 saturated carbocycles. The zero-order chi connectivity index (χ0) is 15.6. The average molecular weight is 312 g/mol. The second kappa shape index (κ2) is 5.82. The molecule has 1 aromatic carbocycles.